The Kier molecular flexibility index (Phi) is 3.78. The number of nitrogens with zero attached hydrogens (tertiary/aromatic N) is 5. The van der Waals surface area contributed by atoms with Crippen molar-refractivity contribution in [3.63, 3.8) is 0 Å². The van der Waals surface area contributed by atoms with E-state index in [-0.39, 0.29) is 5.91 Å². The molecule has 1 aliphatic heterocycles. The number of H-pyrrole nitrogens is 1. The summed E-state index contributed by atoms with van der Waals surface area (Å²) in [5.41, 5.74) is 4.99. The number of fused-ring (bicyclic) bond motifs is 1. The highest BCUT2D eigenvalue weighted by Gasteiger charge is 2.29. The highest BCUT2D eigenvalue weighted by atomic mass is 16.2. The average molecular weight is 338 g/mol. The van der Waals surface area contributed by atoms with Gasteiger partial charge in [0.2, 0.25) is 0 Å². The second-order valence-corrected chi connectivity index (χ2v) is 6.84. The molecule has 0 radical (unpaired) electrons. The number of amides is 1. The van der Waals surface area contributed by atoms with Crippen molar-refractivity contribution in [1.82, 2.24) is 29.7 Å². The van der Waals surface area contributed by atoms with E-state index < -0.39 is 0 Å². The van der Waals surface area contributed by atoms with E-state index in [0.717, 1.165) is 42.2 Å². The lowest BCUT2D eigenvalue weighted by Crippen LogP contribution is -2.39. The molecule has 1 N–H and O–H groups in total. The molecule has 7 heteroatoms. The molecule has 1 amide bonds. The quantitative estimate of drug-likeness (QED) is 0.778. The van der Waals surface area contributed by atoms with Crippen molar-refractivity contribution >= 4 is 11.6 Å². The first-order valence-electron chi connectivity index (χ1n) is 8.66. The first-order chi connectivity index (χ1) is 12.0. The molecule has 4 rings (SSSR count). The van der Waals surface area contributed by atoms with Crippen LogP contribution in [0.1, 0.15) is 51.9 Å². The molecule has 0 saturated carbocycles. The van der Waals surface area contributed by atoms with Gasteiger partial charge in [-0.25, -0.2) is 9.50 Å². The molecule has 130 valence electrons. The van der Waals surface area contributed by atoms with Crippen molar-refractivity contribution in [1.29, 1.82) is 0 Å². The monoisotopic (exact) mass is 338 g/mol. The third-order valence-corrected chi connectivity index (χ3v) is 4.95. The third kappa shape index (κ3) is 2.69. The molecule has 4 heterocycles. The highest BCUT2D eigenvalue weighted by molar-refractivity contribution is 6.01. The predicted molar refractivity (Wildman–Crippen MR) is 93.7 cm³/mol. The van der Waals surface area contributed by atoms with Crippen molar-refractivity contribution in [2.24, 2.45) is 0 Å². The van der Waals surface area contributed by atoms with E-state index in [2.05, 4.69) is 20.3 Å². The number of rotatable bonds is 2. The minimum atomic E-state index is 0.0224. The van der Waals surface area contributed by atoms with E-state index in [1.165, 1.54) is 0 Å². The van der Waals surface area contributed by atoms with Crippen molar-refractivity contribution < 1.29 is 4.79 Å². The van der Waals surface area contributed by atoms with Crippen molar-refractivity contribution in [2.45, 2.75) is 39.5 Å². The molecule has 1 saturated heterocycles. The van der Waals surface area contributed by atoms with Crippen LogP contribution in [0.3, 0.4) is 0 Å². The predicted octanol–water partition coefficient (Wildman–Crippen LogP) is 2.40. The lowest BCUT2D eigenvalue weighted by molar-refractivity contribution is 0.0707. The van der Waals surface area contributed by atoms with Crippen LogP contribution in [0.4, 0.5) is 0 Å². The van der Waals surface area contributed by atoms with Crippen molar-refractivity contribution in [2.75, 3.05) is 13.1 Å². The summed E-state index contributed by atoms with van der Waals surface area (Å²) in [6.07, 6.45) is 3.82. The maximum Gasteiger partial charge on any atom is 0.259 e. The lowest BCUT2D eigenvalue weighted by Gasteiger charge is -2.32. The van der Waals surface area contributed by atoms with Crippen LogP contribution in [0.15, 0.2) is 18.3 Å². The van der Waals surface area contributed by atoms with Gasteiger partial charge in [0, 0.05) is 42.3 Å². The molecule has 3 aromatic rings. The minimum Gasteiger partial charge on any atom is -0.338 e. The summed E-state index contributed by atoms with van der Waals surface area (Å²) in [6, 6.07) is 3.97. The van der Waals surface area contributed by atoms with Gasteiger partial charge in [0.05, 0.1) is 5.69 Å². The number of carbonyl (C=O) groups excluding carboxylic acids is 1. The van der Waals surface area contributed by atoms with E-state index in [0.29, 0.717) is 23.7 Å². The van der Waals surface area contributed by atoms with Crippen LogP contribution in [0.25, 0.3) is 5.65 Å². The summed E-state index contributed by atoms with van der Waals surface area (Å²) < 4.78 is 1.77. The molecular formula is C18H22N6O. The Labute approximate surface area is 146 Å². The van der Waals surface area contributed by atoms with Gasteiger partial charge in [0.25, 0.3) is 5.91 Å². The molecule has 3 aromatic heterocycles. The van der Waals surface area contributed by atoms with E-state index in [1.54, 1.807) is 10.7 Å². The normalized spacial score (nSPS) is 18.0. The summed E-state index contributed by atoms with van der Waals surface area (Å²) in [4.78, 5) is 19.7. The Hall–Kier alpha value is -2.70. The van der Waals surface area contributed by atoms with Gasteiger partial charge in [0.15, 0.2) is 5.65 Å². The molecule has 0 bridgehead atoms. The van der Waals surface area contributed by atoms with Crippen LogP contribution in [0.2, 0.25) is 0 Å². The molecule has 1 aliphatic rings. The minimum absolute atomic E-state index is 0.0224. The number of aryl methyl sites for hydroxylation is 3. The van der Waals surface area contributed by atoms with Crippen LogP contribution in [-0.4, -0.2) is 48.7 Å². The Bertz CT molecular complexity index is 927. The number of likely N-dealkylation sites (tertiary alicyclic amines) is 1. The van der Waals surface area contributed by atoms with E-state index in [9.17, 15) is 4.79 Å². The first-order valence-corrected chi connectivity index (χ1v) is 8.66. The Morgan fingerprint density at radius 1 is 1.32 bits per heavy atom. The number of hydrogen-bond donors (Lipinski definition) is 1. The average Bonchev–Trinajstić information content (AvgIpc) is 3.22. The standard InChI is InChI=1S/C18H22N6O/c1-11-9-12(2)24-17(20-11)16(13(3)22-24)18(25)23-8-4-5-14(10-23)15-6-7-19-21-15/h6-7,9,14H,4-5,8,10H2,1-3H3,(H,19,21)/t14-/m1/s1. The molecular weight excluding hydrogens is 316 g/mol. The topological polar surface area (TPSA) is 79.2 Å². The van der Waals surface area contributed by atoms with Crippen LogP contribution in [-0.2, 0) is 0 Å². The molecule has 0 aliphatic carbocycles. The zero-order valence-corrected chi connectivity index (χ0v) is 14.8. The van der Waals surface area contributed by atoms with Crippen LogP contribution >= 0.6 is 0 Å². The van der Waals surface area contributed by atoms with Gasteiger partial charge in [0.1, 0.15) is 5.56 Å². The zero-order chi connectivity index (χ0) is 17.6. The molecule has 0 unspecified atom stereocenters. The van der Waals surface area contributed by atoms with Gasteiger partial charge >= 0.3 is 0 Å². The molecule has 25 heavy (non-hydrogen) atoms. The number of aromatic amines is 1. The van der Waals surface area contributed by atoms with E-state index >= 15 is 0 Å². The Morgan fingerprint density at radius 2 is 2.16 bits per heavy atom. The zero-order valence-electron chi connectivity index (χ0n) is 14.8. The lowest BCUT2D eigenvalue weighted by atomic mass is 9.94. The largest absolute Gasteiger partial charge is 0.338 e. The van der Waals surface area contributed by atoms with Crippen molar-refractivity contribution in [3.05, 3.63) is 46.7 Å². The molecule has 7 nitrogen and oxygen atoms in total. The van der Waals surface area contributed by atoms with Gasteiger partial charge in [-0.05, 0) is 45.7 Å². The number of piperidine rings is 1. The fraction of sp³-hybridized carbons (Fsp3) is 0.444. The van der Waals surface area contributed by atoms with Gasteiger partial charge in [-0.1, -0.05) is 0 Å². The highest BCUT2D eigenvalue weighted by Crippen LogP contribution is 2.27. The summed E-state index contributed by atoms with van der Waals surface area (Å²) in [6.45, 7) is 7.27. The van der Waals surface area contributed by atoms with Crippen LogP contribution < -0.4 is 0 Å². The number of carbonyl (C=O) groups is 1. The fourth-order valence-electron chi connectivity index (χ4n) is 3.74. The second-order valence-electron chi connectivity index (χ2n) is 6.84. The van der Waals surface area contributed by atoms with Gasteiger partial charge in [-0.3, -0.25) is 9.89 Å². The van der Waals surface area contributed by atoms with Gasteiger partial charge in [-0.15, -0.1) is 0 Å². The summed E-state index contributed by atoms with van der Waals surface area (Å²) in [5.74, 6) is 0.327. The molecule has 0 aromatic carbocycles. The van der Waals surface area contributed by atoms with Gasteiger partial charge in [-0.2, -0.15) is 10.2 Å². The molecule has 1 atom stereocenters. The maximum absolute atomic E-state index is 13.2. The molecule has 0 spiro atoms. The fourth-order valence-corrected chi connectivity index (χ4v) is 3.74. The smallest absolute Gasteiger partial charge is 0.259 e. The van der Waals surface area contributed by atoms with E-state index in [1.807, 2.05) is 37.8 Å². The van der Waals surface area contributed by atoms with Crippen LogP contribution in [0, 0.1) is 20.8 Å². The Morgan fingerprint density at radius 3 is 2.92 bits per heavy atom. The Balaban J connectivity index is 1.69. The van der Waals surface area contributed by atoms with Crippen molar-refractivity contribution in [3.8, 4) is 0 Å². The maximum atomic E-state index is 13.2. The third-order valence-electron chi connectivity index (χ3n) is 4.95. The van der Waals surface area contributed by atoms with Gasteiger partial charge < -0.3 is 4.90 Å². The number of nitrogens with one attached hydrogen (secondary N) is 1. The summed E-state index contributed by atoms with van der Waals surface area (Å²) in [5, 5.41) is 11.6. The summed E-state index contributed by atoms with van der Waals surface area (Å²) >= 11 is 0. The second kappa shape index (κ2) is 5.98. The van der Waals surface area contributed by atoms with Crippen LogP contribution in [0.5, 0.6) is 0 Å². The van der Waals surface area contributed by atoms with E-state index in [4.69, 9.17) is 0 Å². The molecule has 1 fully saturated rings. The SMILES string of the molecule is Cc1cc(C)n2nc(C)c(C(=O)N3CCC[C@@H](c4ccn[nH]4)C3)c2n1. The summed E-state index contributed by atoms with van der Waals surface area (Å²) in [7, 11) is 0. The number of hydrogen-bond acceptors (Lipinski definition) is 4. The first kappa shape index (κ1) is 15.8. The number of aromatic nitrogens is 5.